The fourth-order valence-electron chi connectivity index (χ4n) is 1.43. The van der Waals surface area contributed by atoms with E-state index in [-0.39, 0.29) is 6.04 Å². The van der Waals surface area contributed by atoms with Crippen LogP contribution in [0.1, 0.15) is 33.6 Å². The van der Waals surface area contributed by atoms with E-state index in [1.54, 1.807) is 0 Å². The lowest BCUT2D eigenvalue weighted by Crippen LogP contribution is -2.36. The molecule has 1 unspecified atom stereocenters. The Kier molecular flexibility index (Phi) is 7.45. The Bertz CT molecular complexity index is 172. The summed E-state index contributed by atoms with van der Waals surface area (Å²) in [7, 11) is 2.10. The largest absolute Gasteiger partial charge is 0.306 e. The van der Waals surface area contributed by atoms with E-state index in [0.29, 0.717) is 6.04 Å². The van der Waals surface area contributed by atoms with E-state index in [1.165, 1.54) is 6.42 Å². The highest BCUT2D eigenvalue weighted by molar-refractivity contribution is 4.90. The minimum Gasteiger partial charge on any atom is -0.306 e. The molecular formula is C11H23N3. The average molecular weight is 197 g/mol. The van der Waals surface area contributed by atoms with Crippen LogP contribution in [0.15, 0.2) is 0 Å². The molecule has 3 nitrogen and oxygen atoms in total. The fraction of sp³-hybridized carbons (Fsp3) is 0.909. The number of hydrogen-bond donors (Lipinski definition) is 1. The predicted molar refractivity (Wildman–Crippen MR) is 60.1 cm³/mol. The lowest BCUT2D eigenvalue weighted by molar-refractivity contribution is 0.315. The Hall–Kier alpha value is -0.590. The molecule has 0 aromatic rings. The third kappa shape index (κ3) is 6.88. The van der Waals surface area contributed by atoms with Gasteiger partial charge in [-0.1, -0.05) is 6.92 Å². The summed E-state index contributed by atoms with van der Waals surface area (Å²) in [5.74, 6) is 0. The first-order chi connectivity index (χ1) is 6.60. The van der Waals surface area contributed by atoms with E-state index in [1.807, 2.05) is 0 Å². The molecule has 1 N–H and O–H groups in total. The van der Waals surface area contributed by atoms with Crippen molar-refractivity contribution in [1.29, 1.82) is 5.26 Å². The van der Waals surface area contributed by atoms with Crippen LogP contribution in [0.4, 0.5) is 0 Å². The van der Waals surface area contributed by atoms with Crippen LogP contribution in [0.25, 0.3) is 0 Å². The van der Waals surface area contributed by atoms with Crippen molar-refractivity contribution in [3.05, 3.63) is 0 Å². The Balaban J connectivity index is 3.68. The molecule has 3 heteroatoms. The Morgan fingerprint density at radius 2 is 2.00 bits per heavy atom. The van der Waals surface area contributed by atoms with Crippen LogP contribution in [-0.2, 0) is 0 Å². The molecule has 0 fully saturated rings. The first-order valence-electron chi connectivity index (χ1n) is 5.44. The van der Waals surface area contributed by atoms with E-state index in [0.717, 1.165) is 19.5 Å². The number of hydrogen-bond acceptors (Lipinski definition) is 3. The average Bonchev–Trinajstić information content (AvgIpc) is 2.12. The molecule has 0 spiro atoms. The third-order valence-electron chi connectivity index (χ3n) is 2.10. The van der Waals surface area contributed by atoms with Crippen LogP contribution in [0.5, 0.6) is 0 Å². The maximum atomic E-state index is 8.89. The highest BCUT2D eigenvalue weighted by atomic mass is 15.1. The zero-order valence-corrected chi connectivity index (χ0v) is 9.88. The summed E-state index contributed by atoms with van der Waals surface area (Å²) in [5, 5.41) is 12.1. The molecule has 0 heterocycles. The van der Waals surface area contributed by atoms with Gasteiger partial charge in [-0.25, -0.2) is 0 Å². The first kappa shape index (κ1) is 13.4. The molecule has 0 rings (SSSR count). The second-order valence-corrected chi connectivity index (χ2v) is 4.10. The molecule has 0 aromatic heterocycles. The molecule has 1 atom stereocenters. The second kappa shape index (κ2) is 7.78. The topological polar surface area (TPSA) is 39.1 Å². The first-order valence-corrected chi connectivity index (χ1v) is 5.44. The zero-order chi connectivity index (χ0) is 11.0. The van der Waals surface area contributed by atoms with E-state index in [9.17, 15) is 0 Å². The van der Waals surface area contributed by atoms with Gasteiger partial charge in [-0.3, -0.25) is 5.32 Å². The minimum absolute atomic E-state index is 0.00527. The van der Waals surface area contributed by atoms with Crippen molar-refractivity contribution in [2.24, 2.45) is 0 Å². The number of nitriles is 1. The second-order valence-electron chi connectivity index (χ2n) is 4.10. The standard InChI is InChI=1S/C11H23N3/c1-5-7-14(4)8-6-11(9-12)13-10(2)3/h10-11,13H,5-8H2,1-4H3. The van der Waals surface area contributed by atoms with E-state index < -0.39 is 0 Å². The number of rotatable bonds is 7. The highest BCUT2D eigenvalue weighted by Crippen LogP contribution is 1.96. The lowest BCUT2D eigenvalue weighted by Gasteiger charge is -2.19. The number of nitrogens with one attached hydrogen (secondary N) is 1. The Labute approximate surface area is 88.1 Å². The molecule has 82 valence electrons. The summed E-state index contributed by atoms with van der Waals surface area (Å²) in [6.45, 7) is 8.41. The predicted octanol–water partition coefficient (Wildman–Crippen LogP) is 1.61. The van der Waals surface area contributed by atoms with Crippen LogP contribution in [0.2, 0.25) is 0 Å². The third-order valence-corrected chi connectivity index (χ3v) is 2.10. The van der Waals surface area contributed by atoms with E-state index in [4.69, 9.17) is 5.26 Å². The zero-order valence-electron chi connectivity index (χ0n) is 9.88. The highest BCUT2D eigenvalue weighted by Gasteiger charge is 2.08. The van der Waals surface area contributed by atoms with Gasteiger partial charge in [0.15, 0.2) is 0 Å². The molecule has 0 amide bonds. The Morgan fingerprint density at radius 1 is 1.36 bits per heavy atom. The summed E-state index contributed by atoms with van der Waals surface area (Å²) in [6, 6.07) is 2.67. The van der Waals surface area contributed by atoms with Gasteiger partial charge >= 0.3 is 0 Å². The summed E-state index contributed by atoms with van der Waals surface area (Å²) in [4.78, 5) is 2.27. The normalized spacial score (nSPS) is 13.2. The van der Waals surface area contributed by atoms with Gasteiger partial charge in [0.1, 0.15) is 0 Å². The number of nitrogens with zero attached hydrogens (tertiary/aromatic N) is 2. The van der Waals surface area contributed by atoms with Gasteiger partial charge in [0.05, 0.1) is 12.1 Å². The van der Waals surface area contributed by atoms with Crippen molar-refractivity contribution in [2.75, 3.05) is 20.1 Å². The molecule has 0 radical (unpaired) electrons. The molecule has 0 aliphatic carbocycles. The van der Waals surface area contributed by atoms with Gasteiger partial charge in [-0.05, 0) is 40.3 Å². The van der Waals surface area contributed by atoms with Crippen molar-refractivity contribution >= 4 is 0 Å². The monoisotopic (exact) mass is 197 g/mol. The van der Waals surface area contributed by atoms with Crippen LogP contribution in [0, 0.1) is 11.3 Å². The molecule has 0 saturated carbocycles. The van der Waals surface area contributed by atoms with Gasteiger partial charge in [-0.2, -0.15) is 5.26 Å². The smallest absolute Gasteiger partial charge is 0.0967 e. The van der Waals surface area contributed by atoms with Crippen LogP contribution < -0.4 is 5.32 Å². The molecule has 0 aromatic carbocycles. The molecule has 14 heavy (non-hydrogen) atoms. The van der Waals surface area contributed by atoms with Gasteiger partial charge in [0.25, 0.3) is 0 Å². The molecule has 0 aliphatic heterocycles. The van der Waals surface area contributed by atoms with Gasteiger partial charge < -0.3 is 4.90 Å². The molecule has 0 aliphatic rings. The summed E-state index contributed by atoms with van der Waals surface area (Å²) in [6.07, 6.45) is 2.08. The Morgan fingerprint density at radius 3 is 2.43 bits per heavy atom. The SMILES string of the molecule is CCCN(C)CCC(C#N)NC(C)C. The van der Waals surface area contributed by atoms with Gasteiger partial charge in [0, 0.05) is 12.6 Å². The quantitative estimate of drug-likeness (QED) is 0.674. The molecule has 0 bridgehead atoms. The maximum absolute atomic E-state index is 8.89. The van der Waals surface area contributed by atoms with Crippen LogP contribution >= 0.6 is 0 Å². The fourth-order valence-corrected chi connectivity index (χ4v) is 1.43. The van der Waals surface area contributed by atoms with Crippen molar-refractivity contribution in [3.8, 4) is 6.07 Å². The maximum Gasteiger partial charge on any atom is 0.0967 e. The van der Waals surface area contributed by atoms with Gasteiger partial charge in [0.2, 0.25) is 0 Å². The van der Waals surface area contributed by atoms with Crippen LogP contribution in [-0.4, -0.2) is 37.1 Å². The summed E-state index contributed by atoms with van der Waals surface area (Å²) >= 11 is 0. The van der Waals surface area contributed by atoms with Crippen LogP contribution in [0.3, 0.4) is 0 Å². The summed E-state index contributed by atoms with van der Waals surface area (Å²) in [5.41, 5.74) is 0. The van der Waals surface area contributed by atoms with E-state index >= 15 is 0 Å². The van der Waals surface area contributed by atoms with Gasteiger partial charge in [-0.15, -0.1) is 0 Å². The van der Waals surface area contributed by atoms with Crippen molar-refractivity contribution < 1.29 is 0 Å². The van der Waals surface area contributed by atoms with Crippen molar-refractivity contribution in [2.45, 2.75) is 45.7 Å². The van der Waals surface area contributed by atoms with Crippen molar-refractivity contribution in [3.63, 3.8) is 0 Å². The lowest BCUT2D eigenvalue weighted by atomic mass is 10.2. The summed E-state index contributed by atoms with van der Waals surface area (Å²) < 4.78 is 0. The molecule has 0 saturated heterocycles. The molecular weight excluding hydrogens is 174 g/mol. The van der Waals surface area contributed by atoms with E-state index in [2.05, 4.69) is 44.1 Å². The van der Waals surface area contributed by atoms with Crippen molar-refractivity contribution in [1.82, 2.24) is 10.2 Å². The minimum atomic E-state index is -0.00527.